The number of carbonyl (C=O) groups excluding carboxylic acids is 1. The van der Waals surface area contributed by atoms with Crippen LogP contribution in [-0.4, -0.2) is 6.29 Å². The summed E-state index contributed by atoms with van der Waals surface area (Å²) >= 11 is 5.71. The van der Waals surface area contributed by atoms with Gasteiger partial charge in [0.05, 0.1) is 0 Å². The van der Waals surface area contributed by atoms with Crippen LogP contribution in [0, 0.1) is 0 Å². The molecule has 1 nitrogen and oxygen atoms in total. The molecule has 0 radical (unpaired) electrons. The van der Waals surface area contributed by atoms with E-state index in [9.17, 15) is 4.79 Å². The van der Waals surface area contributed by atoms with E-state index in [0.29, 0.717) is 10.6 Å². The van der Waals surface area contributed by atoms with Gasteiger partial charge in [-0.2, -0.15) is 0 Å². The molecule has 10 heavy (non-hydrogen) atoms. The van der Waals surface area contributed by atoms with Crippen LogP contribution in [0.1, 0.15) is 10.4 Å². The molecular formula is C7H6ClOP. The highest BCUT2D eigenvalue weighted by Crippen LogP contribution is 2.09. The largest absolute Gasteiger partial charge is 0.298 e. The number of hydrogen-bond acceptors (Lipinski definition) is 1. The summed E-state index contributed by atoms with van der Waals surface area (Å²) in [5.74, 6) is 0. The molecule has 0 spiro atoms. The van der Waals surface area contributed by atoms with Gasteiger partial charge in [0.15, 0.2) is 6.29 Å². The first-order chi connectivity index (χ1) is 4.75. The van der Waals surface area contributed by atoms with Crippen LogP contribution in [0.15, 0.2) is 18.2 Å². The normalized spacial score (nSPS) is 9.40. The SMILES string of the molecule is O=Cc1cccc(Cl)c1P. The summed E-state index contributed by atoms with van der Waals surface area (Å²) in [6.45, 7) is 0. The highest BCUT2D eigenvalue weighted by atomic mass is 35.5. The van der Waals surface area contributed by atoms with E-state index < -0.39 is 0 Å². The summed E-state index contributed by atoms with van der Waals surface area (Å²) in [5, 5.41) is 1.37. The van der Waals surface area contributed by atoms with Gasteiger partial charge in [0.1, 0.15) is 0 Å². The standard InChI is InChI=1S/C7H6ClOP/c8-6-3-1-2-5(4-9)7(6)10/h1-4H,10H2. The van der Waals surface area contributed by atoms with E-state index in [1.807, 2.05) is 0 Å². The van der Waals surface area contributed by atoms with Gasteiger partial charge in [0.25, 0.3) is 0 Å². The van der Waals surface area contributed by atoms with Crippen LogP contribution in [0.25, 0.3) is 0 Å². The molecule has 52 valence electrons. The van der Waals surface area contributed by atoms with E-state index in [4.69, 9.17) is 11.6 Å². The zero-order valence-electron chi connectivity index (χ0n) is 5.17. The Labute approximate surface area is 66.6 Å². The number of carbonyl (C=O) groups is 1. The van der Waals surface area contributed by atoms with Gasteiger partial charge < -0.3 is 0 Å². The minimum Gasteiger partial charge on any atom is -0.298 e. The van der Waals surface area contributed by atoms with Crippen molar-refractivity contribution in [1.82, 2.24) is 0 Å². The van der Waals surface area contributed by atoms with Crippen molar-refractivity contribution < 1.29 is 4.79 Å². The Bertz CT molecular complexity index is 260. The summed E-state index contributed by atoms with van der Waals surface area (Å²) in [6, 6.07) is 5.22. The van der Waals surface area contributed by atoms with Crippen LogP contribution in [0.5, 0.6) is 0 Å². The Hall–Kier alpha value is -0.390. The van der Waals surface area contributed by atoms with Gasteiger partial charge in [0, 0.05) is 10.6 Å². The first kappa shape index (κ1) is 7.71. The molecule has 0 N–H and O–H groups in total. The number of aldehydes is 1. The molecule has 1 rings (SSSR count). The zero-order chi connectivity index (χ0) is 7.56. The maximum absolute atomic E-state index is 10.3. The summed E-state index contributed by atoms with van der Waals surface area (Å²) in [6.07, 6.45) is 0.786. The molecule has 0 aliphatic carbocycles. The summed E-state index contributed by atoms with van der Waals surface area (Å²) < 4.78 is 0. The lowest BCUT2D eigenvalue weighted by atomic mass is 10.2. The number of hydrogen-bond donors (Lipinski definition) is 0. The van der Waals surface area contributed by atoms with E-state index in [1.165, 1.54) is 0 Å². The van der Waals surface area contributed by atoms with Crippen molar-refractivity contribution in [2.24, 2.45) is 0 Å². The van der Waals surface area contributed by atoms with Crippen molar-refractivity contribution in [2.45, 2.75) is 0 Å². The molecule has 1 aromatic rings. The molecule has 0 aromatic heterocycles. The molecule has 3 heteroatoms. The van der Waals surface area contributed by atoms with Crippen molar-refractivity contribution in [3.05, 3.63) is 28.8 Å². The third-order valence-electron chi connectivity index (χ3n) is 1.21. The number of halogens is 1. The van der Waals surface area contributed by atoms with E-state index in [-0.39, 0.29) is 0 Å². The quantitative estimate of drug-likeness (QED) is 0.465. The summed E-state index contributed by atoms with van der Waals surface area (Å²) in [4.78, 5) is 10.3. The fourth-order valence-electron chi connectivity index (χ4n) is 0.656. The van der Waals surface area contributed by atoms with Crippen molar-refractivity contribution >= 4 is 32.4 Å². The van der Waals surface area contributed by atoms with E-state index in [0.717, 1.165) is 11.6 Å². The second-order valence-electron chi connectivity index (χ2n) is 1.86. The van der Waals surface area contributed by atoms with Gasteiger partial charge in [0.2, 0.25) is 0 Å². The van der Waals surface area contributed by atoms with Gasteiger partial charge in [-0.25, -0.2) is 0 Å². The molecule has 0 heterocycles. The molecule has 0 saturated heterocycles. The smallest absolute Gasteiger partial charge is 0.150 e. The van der Waals surface area contributed by atoms with Crippen LogP contribution in [-0.2, 0) is 0 Å². The molecule has 0 bridgehead atoms. The van der Waals surface area contributed by atoms with Gasteiger partial charge >= 0.3 is 0 Å². The van der Waals surface area contributed by atoms with Crippen LogP contribution in [0.2, 0.25) is 5.02 Å². The highest BCUT2D eigenvalue weighted by Gasteiger charge is 1.98. The predicted octanol–water partition coefficient (Wildman–Crippen LogP) is 1.65. The number of benzene rings is 1. The maximum Gasteiger partial charge on any atom is 0.150 e. The van der Waals surface area contributed by atoms with E-state index in [2.05, 4.69) is 9.24 Å². The Balaban J connectivity index is 3.27. The minimum atomic E-state index is 0.606. The Kier molecular flexibility index (Phi) is 2.42. The predicted molar refractivity (Wildman–Crippen MR) is 46.2 cm³/mol. The van der Waals surface area contributed by atoms with Crippen LogP contribution in [0.4, 0.5) is 0 Å². The fraction of sp³-hybridized carbons (Fsp3) is 0. The Morgan fingerprint density at radius 2 is 2.20 bits per heavy atom. The second-order valence-corrected chi connectivity index (χ2v) is 2.85. The fourth-order valence-corrected chi connectivity index (χ4v) is 1.10. The lowest BCUT2D eigenvalue weighted by molar-refractivity contribution is 0.112. The van der Waals surface area contributed by atoms with Crippen molar-refractivity contribution in [3.63, 3.8) is 0 Å². The lowest BCUT2D eigenvalue weighted by Crippen LogP contribution is -2.00. The molecule has 0 aliphatic rings. The van der Waals surface area contributed by atoms with Crippen LogP contribution < -0.4 is 5.30 Å². The minimum absolute atomic E-state index is 0.606. The van der Waals surface area contributed by atoms with Crippen LogP contribution >= 0.6 is 20.8 Å². The summed E-state index contributed by atoms with van der Waals surface area (Å²) in [5.41, 5.74) is 0.623. The number of rotatable bonds is 1. The molecule has 1 aromatic carbocycles. The molecular weight excluding hydrogens is 167 g/mol. The molecule has 0 aliphatic heterocycles. The average molecular weight is 173 g/mol. The van der Waals surface area contributed by atoms with Gasteiger partial charge in [-0.1, -0.05) is 23.7 Å². The third kappa shape index (κ3) is 1.36. The summed E-state index contributed by atoms with van der Waals surface area (Å²) in [7, 11) is 2.43. The average Bonchev–Trinajstić information content (AvgIpc) is 1.95. The zero-order valence-corrected chi connectivity index (χ0v) is 7.08. The first-order valence-electron chi connectivity index (χ1n) is 2.75. The molecule has 1 unspecified atom stereocenters. The molecule has 1 atom stereocenters. The maximum atomic E-state index is 10.3. The Morgan fingerprint density at radius 3 is 2.70 bits per heavy atom. The van der Waals surface area contributed by atoms with E-state index in [1.54, 1.807) is 18.2 Å². The van der Waals surface area contributed by atoms with E-state index >= 15 is 0 Å². The van der Waals surface area contributed by atoms with Gasteiger partial charge in [-0.3, -0.25) is 4.79 Å². The first-order valence-corrected chi connectivity index (χ1v) is 3.70. The van der Waals surface area contributed by atoms with Crippen molar-refractivity contribution in [2.75, 3.05) is 0 Å². The van der Waals surface area contributed by atoms with Crippen molar-refractivity contribution in [3.8, 4) is 0 Å². The molecule has 0 fully saturated rings. The third-order valence-corrected chi connectivity index (χ3v) is 2.37. The molecule has 0 amide bonds. The lowest BCUT2D eigenvalue weighted by Gasteiger charge is -1.97. The topological polar surface area (TPSA) is 17.1 Å². The van der Waals surface area contributed by atoms with Crippen LogP contribution in [0.3, 0.4) is 0 Å². The second kappa shape index (κ2) is 3.14. The molecule has 0 saturated carbocycles. The van der Waals surface area contributed by atoms with Gasteiger partial charge in [-0.15, -0.1) is 9.24 Å². The highest BCUT2D eigenvalue weighted by molar-refractivity contribution is 7.28. The van der Waals surface area contributed by atoms with Gasteiger partial charge in [-0.05, 0) is 11.4 Å². The van der Waals surface area contributed by atoms with Crippen molar-refractivity contribution in [1.29, 1.82) is 0 Å². The Morgan fingerprint density at radius 1 is 1.50 bits per heavy atom. The monoisotopic (exact) mass is 172 g/mol.